The first-order chi connectivity index (χ1) is 17.5. The molecule has 2 aliphatic rings. The molecule has 1 aromatic heterocycles. The van der Waals surface area contributed by atoms with E-state index in [2.05, 4.69) is 33.0 Å². The van der Waals surface area contributed by atoms with E-state index >= 15 is 0 Å². The van der Waals surface area contributed by atoms with E-state index < -0.39 is 0 Å². The first-order valence-electron chi connectivity index (χ1n) is 12.6. The number of hydrogen-bond donors (Lipinski definition) is 4. The second-order valence-corrected chi connectivity index (χ2v) is 9.73. The number of phenols is 1. The molecule has 10 heteroatoms. The Labute approximate surface area is 210 Å². The van der Waals surface area contributed by atoms with Crippen LogP contribution >= 0.6 is 0 Å². The highest BCUT2D eigenvalue weighted by atomic mass is 16.5. The van der Waals surface area contributed by atoms with Crippen LogP contribution < -0.4 is 20.8 Å². The van der Waals surface area contributed by atoms with Gasteiger partial charge in [0.15, 0.2) is 4.87 Å². The molecule has 3 aromatic rings. The van der Waals surface area contributed by atoms with E-state index in [0.29, 0.717) is 17.3 Å². The molecule has 190 valence electrons. The van der Waals surface area contributed by atoms with Crippen molar-refractivity contribution in [1.82, 2.24) is 25.6 Å². The van der Waals surface area contributed by atoms with Gasteiger partial charge in [0, 0.05) is 17.6 Å². The molecule has 2 saturated heterocycles. The Bertz CT molecular complexity index is 1240. The smallest absolute Gasteiger partial charge is 0.295 e. The lowest BCUT2D eigenvalue weighted by molar-refractivity contribution is -0.536. The van der Waals surface area contributed by atoms with Gasteiger partial charge in [-0.05, 0) is 83.5 Å². The zero-order valence-corrected chi connectivity index (χ0v) is 20.8. The number of rotatable bonds is 7. The van der Waals surface area contributed by atoms with Gasteiger partial charge in [-0.25, -0.2) is 9.97 Å². The lowest BCUT2D eigenvalue weighted by Gasteiger charge is -2.26. The maximum Gasteiger partial charge on any atom is 0.295 e. The average Bonchev–Trinajstić information content (AvgIpc) is 2.89. The van der Waals surface area contributed by atoms with Crippen LogP contribution in [0.3, 0.4) is 0 Å². The second kappa shape index (κ2) is 10.6. The van der Waals surface area contributed by atoms with Crippen LogP contribution in [0, 0.1) is 11.8 Å². The highest BCUT2D eigenvalue weighted by Gasteiger charge is 2.25. The van der Waals surface area contributed by atoms with Crippen molar-refractivity contribution in [2.75, 3.05) is 38.5 Å². The summed E-state index contributed by atoms with van der Waals surface area (Å²) in [7, 11) is 2.08. The summed E-state index contributed by atoms with van der Waals surface area (Å²) in [6, 6.07) is 8.86. The molecule has 0 aliphatic carbocycles. The van der Waals surface area contributed by atoms with Gasteiger partial charge in [0.1, 0.15) is 23.1 Å². The zero-order chi connectivity index (χ0) is 25.1. The van der Waals surface area contributed by atoms with Crippen LogP contribution in [0.1, 0.15) is 31.2 Å². The Balaban J connectivity index is 1.32. The number of benzene rings is 2. The summed E-state index contributed by atoms with van der Waals surface area (Å²) in [5.41, 5.74) is 5.54. The Morgan fingerprint density at radius 2 is 1.92 bits per heavy atom. The number of phenolic OH excluding ortho intramolecular Hbond substituents is 1. The van der Waals surface area contributed by atoms with Crippen LogP contribution in [0.2, 0.25) is 0 Å². The summed E-state index contributed by atoms with van der Waals surface area (Å²) < 4.78 is 6.31. The number of likely N-dealkylation sites (tertiary alicyclic amines) is 1. The summed E-state index contributed by atoms with van der Waals surface area (Å²) in [4.78, 5) is 24.8. The maximum atomic E-state index is 12.6. The van der Waals surface area contributed by atoms with Crippen molar-refractivity contribution < 1.29 is 14.7 Å². The Hall–Kier alpha value is -3.50. The van der Waals surface area contributed by atoms with Gasteiger partial charge >= 0.3 is 0 Å². The maximum absolute atomic E-state index is 12.6. The van der Waals surface area contributed by atoms with E-state index in [1.54, 1.807) is 18.3 Å². The van der Waals surface area contributed by atoms with Gasteiger partial charge in [0.05, 0.1) is 22.7 Å². The van der Waals surface area contributed by atoms with Crippen LogP contribution in [-0.4, -0.2) is 70.2 Å². The van der Waals surface area contributed by atoms with Gasteiger partial charge in [0.2, 0.25) is 5.95 Å². The van der Waals surface area contributed by atoms with Gasteiger partial charge in [-0.2, -0.15) is 0 Å². The molecule has 0 unspecified atom stereocenters. The fraction of sp³-hybridized carbons (Fsp3) is 0.462. The van der Waals surface area contributed by atoms with Crippen molar-refractivity contribution in [1.29, 1.82) is 0 Å². The number of piperidine rings is 2. The molecule has 2 aromatic carbocycles. The highest BCUT2D eigenvalue weighted by Crippen LogP contribution is 2.32. The minimum atomic E-state index is -0.0577. The first kappa shape index (κ1) is 24.2. The monoisotopic (exact) mass is 492 g/mol. The molecule has 0 amide bonds. The third-order valence-electron chi connectivity index (χ3n) is 6.99. The molecule has 4 N–H and O–H groups in total. The van der Waals surface area contributed by atoms with E-state index in [1.165, 1.54) is 6.07 Å². The number of fused-ring (bicyclic) bond motifs is 1. The largest absolute Gasteiger partial charge is 0.506 e. The van der Waals surface area contributed by atoms with Crippen molar-refractivity contribution in [3.63, 3.8) is 0 Å². The fourth-order valence-corrected chi connectivity index (χ4v) is 4.73. The number of hydrogen-bond acceptors (Lipinski definition) is 8. The minimum Gasteiger partial charge on any atom is -0.506 e. The summed E-state index contributed by atoms with van der Waals surface area (Å²) in [6.45, 7) is 5.82. The molecule has 36 heavy (non-hydrogen) atoms. The fourth-order valence-electron chi connectivity index (χ4n) is 4.73. The number of nitrogens with one attached hydrogen (secondary N) is 3. The van der Waals surface area contributed by atoms with Crippen LogP contribution in [-0.2, 0) is 0 Å². The Morgan fingerprint density at radius 1 is 1.14 bits per heavy atom. The number of anilines is 2. The van der Waals surface area contributed by atoms with Gasteiger partial charge in [0.25, 0.3) is 5.69 Å². The number of ether oxygens (including phenoxy) is 1. The molecule has 0 spiro atoms. The van der Waals surface area contributed by atoms with Gasteiger partial charge in [-0.1, -0.05) is 6.07 Å². The molecule has 0 atom stereocenters. The number of aromatic nitrogens is 2. The second-order valence-electron chi connectivity index (χ2n) is 9.73. The topological polar surface area (TPSA) is 115 Å². The van der Waals surface area contributed by atoms with Gasteiger partial charge in [-0.15, -0.1) is 5.43 Å². The van der Waals surface area contributed by atoms with E-state index in [4.69, 9.17) is 9.72 Å². The zero-order valence-electron chi connectivity index (χ0n) is 20.8. The summed E-state index contributed by atoms with van der Waals surface area (Å²) in [5.74, 6) is 1.02. The highest BCUT2D eigenvalue weighted by molar-refractivity contribution is 5.88. The molecule has 10 nitrogen and oxygen atoms in total. The number of aryl methyl sites for hydroxylation is 1. The number of hydrazine groups is 1. The van der Waals surface area contributed by atoms with Crippen molar-refractivity contribution in [3.8, 4) is 11.5 Å². The van der Waals surface area contributed by atoms with Crippen molar-refractivity contribution in [2.45, 2.75) is 44.8 Å². The van der Waals surface area contributed by atoms with E-state index in [1.807, 2.05) is 19.1 Å². The number of nitrogens with zero attached hydrogens (tertiary/aromatic N) is 4. The quantitative estimate of drug-likeness (QED) is 0.223. The molecule has 0 bridgehead atoms. The van der Waals surface area contributed by atoms with Gasteiger partial charge < -0.3 is 25.4 Å². The van der Waals surface area contributed by atoms with Crippen molar-refractivity contribution in [3.05, 3.63) is 47.0 Å². The predicted octanol–water partition coefficient (Wildman–Crippen LogP) is 3.53. The molecule has 5 rings (SSSR count). The molecule has 3 heterocycles. The van der Waals surface area contributed by atoms with Crippen LogP contribution in [0.25, 0.3) is 10.9 Å². The van der Waals surface area contributed by atoms with E-state index in [0.717, 1.165) is 78.9 Å². The molecule has 0 radical (unpaired) electrons. The molecule has 2 fully saturated rings. The third-order valence-corrected chi connectivity index (χ3v) is 6.99. The lowest BCUT2D eigenvalue weighted by Crippen LogP contribution is -2.43. The van der Waals surface area contributed by atoms with Crippen LogP contribution in [0.4, 0.5) is 17.3 Å². The Kier molecular flexibility index (Phi) is 7.15. The van der Waals surface area contributed by atoms with E-state index in [-0.39, 0.29) is 17.9 Å². The first-order valence-corrected chi connectivity index (χ1v) is 12.6. The van der Waals surface area contributed by atoms with Crippen molar-refractivity contribution >= 4 is 28.2 Å². The third kappa shape index (κ3) is 5.50. The van der Waals surface area contributed by atoms with Crippen LogP contribution in [0.15, 0.2) is 36.5 Å². The summed E-state index contributed by atoms with van der Waals surface area (Å²) in [6.07, 6.45) is 5.64. The van der Waals surface area contributed by atoms with E-state index in [9.17, 15) is 10.0 Å². The standard InChI is InChI=1S/C26H33N7O3/c1-17-3-6-24(36-20-7-11-27-12-8-20)25-21(17)16-28-26(30-25)29-22-5-4-19(15-23(22)34)33(35)31-18-9-13-32(2)14-10-18/h3-6,15-16,18,20,27H,7-14H2,1-2H3,(H2-,28,29,30,31,34,35)/p+1. The molecule has 2 aliphatic heterocycles. The number of aromatic hydroxyl groups is 1. The normalized spacial score (nSPS) is 17.7. The summed E-state index contributed by atoms with van der Waals surface area (Å²) in [5, 5.41) is 18.0. The SMILES string of the molecule is Cc1ccc(OC2CCNCC2)c2nc(Nc3ccc([N+](=O)NC4CCN(C)CC4)cc3O)ncc12. The minimum absolute atomic E-state index is 0.0577. The van der Waals surface area contributed by atoms with Crippen molar-refractivity contribution in [2.24, 2.45) is 0 Å². The van der Waals surface area contributed by atoms with Gasteiger partial charge in [-0.3, -0.25) is 0 Å². The predicted molar refractivity (Wildman–Crippen MR) is 139 cm³/mol. The molecule has 0 saturated carbocycles. The number of nitroso groups, excluding NO2 is 1. The molecular weight excluding hydrogens is 458 g/mol. The summed E-state index contributed by atoms with van der Waals surface area (Å²) >= 11 is 0. The lowest BCUT2D eigenvalue weighted by atomic mass is 10.1. The Morgan fingerprint density at radius 3 is 2.67 bits per heavy atom. The molecular formula is C26H34N7O3+. The average molecular weight is 493 g/mol. The van der Waals surface area contributed by atoms with Crippen LogP contribution in [0.5, 0.6) is 11.5 Å².